The molecule has 0 unspecified atom stereocenters. The van der Waals surface area contributed by atoms with Crippen molar-refractivity contribution in [2.75, 3.05) is 19.0 Å². The van der Waals surface area contributed by atoms with Crippen molar-refractivity contribution in [3.63, 3.8) is 0 Å². The molecular formula is C39H40FN5O5. The molecule has 10 nitrogen and oxygen atoms in total. The van der Waals surface area contributed by atoms with Crippen LogP contribution < -0.4 is 10.1 Å². The van der Waals surface area contributed by atoms with E-state index in [0.717, 1.165) is 36.0 Å². The lowest BCUT2D eigenvalue weighted by molar-refractivity contribution is -0.156. The van der Waals surface area contributed by atoms with E-state index in [1.807, 2.05) is 84.9 Å². The first-order valence-electron chi connectivity index (χ1n) is 16.8. The maximum Gasteiger partial charge on any atom is 0.312 e. The fraction of sp³-hybridized carbons (Fsp3) is 0.333. The molecule has 3 aromatic carbocycles. The molecule has 6 rings (SSSR count). The van der Waals surface area contributed by atoms with Crippen molar-refractivity contribution in [1.82, 2.24) is 19.5 Å². The summed E-state index contributed by atoms with van der Waals surface area (Å²) in [5.74, 6) is 2.91. The number of aliphatic hydroxyl groups is 1. The molecule has 11 heteroatoms. The van der Waals surface area contributed by atoms with Crippen LogP contribution in [0.4, 0.5) is 10.2 Å². The molecule has 258 valence electrons. The van der Waals surface area contributed by atoms with E-state index in [1.54, 1.807) is 7.11 Å². The first-order valence-corrected chi connectivity index (χ1v) is 16.8. The summed E-state index contributed by atoms with van der Waals surface area (Å²) in [4.78, 5) is 25.3. The number of nitrogens with one attached hydrogen (secondary N) is 1. The number of hydrogen-bond donors (Lipinski definition) is 2. The minimum atomic E-state index is -1.60. The number of carbonyl (C=O) groups is 1. The number of rotatable bonds is 14. The number of aromatic nitrogens is 4. The van der Waals surface area contributed by atoms with Gasteiger partial charge in [0.05, 0.1) is 13.4 Å². The number of unbranched alkanes of at least 4 members (excludes halogenated alkanes) is 3. The number of esters is 1. The number of imidazole rings is 1. The standard InChI is InChI=1S/C39H40FN5O5/c1-4-6-7-14-19-33(47)49-25-38(5-2)31(46)24-32(50-38)45-26-41-34-35(42-37(40)43-36(34)45)44-39(27-15-10-8-11-16-27,28-17-12-9-13-18-28)29-20-22-30(48-3)23-21-29/h2,8-13,15-18,20-23,26,31-32,46H,4,6-7,14,19,24-25H2,1,3H3,(H,42,43,44)/t31-,32+,38+/m0/s1. The molecule has 3 heterocycles. The lowest BCUT2D eigenvalue weighted by Gasteiger charge is -2.37. The van der Waals surface area contributed by atoms with Crippen LogP contribution in [0.5, 0.6) is 5.75 Å². The van der Waals surface area contributed by atoms with E-state index in [9.17, 15) is 9.90 Å². The quantitative estimate of drug-likeness (QED) is 0.0444. The second kappa shape index (κ2) is 15.1. The molecule has 1 aliphatic heterocycles. The van der Waals surface area contributed by atoms with Crippen LogP contribution >= 0.6 is 0 Å². The second-order valence-corrected chi connectivity index (χ2v) is 12.3. The summed E-state index contributed by atoms with van der Waals surface area (Å²) < 4.78 is 34.1. The zero-order valence-electron chi connectivity index (χ0n) is 28.1. The third-order valence-electron chi connectivity index (χ3n) is 9.18. The summed E-state index contributed by atoms with van der Waals surface area (Å²) in [7, 11) is 1.61. The lowest BCUT2D eigenvalue weighted by atomic mass is 9.77. The van der Waals surface area contributed by atoms with Gasteiger partial charge in [-0.2, -0.15) is 14.4 Å². The highest BCUT2D eigenvalue weighted by Crippen LogP contribution is 2.42. The summed E-state index contributed by atoms with van der Waals surface area (Å²) in [6, 6.07) is 27.2. The van der Waals surface area contributed by atoms with E-state index in [0.29, 0.717) is 12.2 Å². The number of hydrogen-bond acceptors (Lipinski definition) is 9. The molecular weight excluding hydrogens is 637 g/mol. The van der Waals surface area contributed by atoms with Crippen molar-refractivity contribution in [2.45, 2.75) is 68.9 Å². The number of terminal acetylenes is 1. The van der Waals surface area contributed by atoms with E-state index < -0.39 is 35.5 Å². The van der Waals surface area contributed by atoms with Gasteiger partial charge in [-0.1, -0.05) is 105 Å². The molecule has 1 aliphatic rings. The molecule has 1 fully saturated rings. The Hall–Kier alpha value is -5.31. The number of halogens is 1. The molecule has 0 radical (unpaired) electrons. The van der Waals surface area contributed by atoms with E-state index in [2.05, 4.69) is 33.1 Å². The number of ether oxygens (including phenoxy) is 3. The van der Waals surface area contributed by atoms with Gasteiger partial charge < -0.3 is 24.6 Å². The zero-order valence-corrected chi connectivity index (χ0v) is 28.1. The Labute approximate surface area is 290 Å². The SMILES string of the molecule is C#C[C@]1(COC(=O)CCCCCC)O[C@@H](n2cnc3c(NC(c4ccccc4)(c4ccccc4)c4ccc(OC)cc4)nc(F)nc32)C[C@@H]1O. The fourth-order valence-electron chi connectivity index (χ4n) is 6.48. The van der Waals surface area contributed by atoms with Crippen LogP contribution in [0, 0.1) is 18.4 Å². The normalized spacial score (nSPS) is 18.9. The molecule has 0 bridgehead atoms. The first-order chi connectivity index (χ1) is 24.3. The molecule has 0 aliphatic carbocycles. The van der Waals surface area contributed by atoms with Gasteiger partial charge in [0.15, 0.2) is 22.6 Å². The van der Waals surface area contributed by atoms with Crippen LogP contribution in [0.25, 0.3) is 11.2 Å². The van der Waals surface area contributed by atoms with E-state index >= 15 is 4.39 Å². The van der Waals surface area contributed by atoms with E-state index in [4.69, 9.17) is 20.6 Å². The molecule has 0 amide bonds. The van der Waals surface area contributed by atoms with Gasteiger partial charge in [-0.25, -0.2) is 4.98 Å². The second-order valence-electron chi connectivity index (χ2n) is 12.3. The molecule has 0 saturated carbocycles. The minimum absolute atomic E-state index is 0.0297. The average Bonchev–Trinajstić information content (AvgIpc) is 3.73. The molecule has 0 spiro atoms. The van der Waals surface area contributed by atoms with Gasteiger partial charge >= 0.3 is 12.0 Å². The number of methoxy groups -OCH3 is 1. The van der Waals surface area contributed by atoms with Crippen LogP contribution in [0.2, 0.25) is 0 Å². The van der Waals surface area contributed by atoms with Crippen molar-refractivity contribution < 1.29 is 28.5 Å². The maximum atomic E-state index is 15.5. The number of carbonyl (C=O) groups excluding carboxylic acids is 1. The average molecular weight is 678 g/mol. The Bertz CT molecular complexity index is 1910. The fourth-order valence-corrected chi connectivity index (χ4v) is 6.48. The Morgan fingerprint density at radius 2 is 1.70 bits per heavy atom. The highest BCUT2D eigenvalue weighted by molar-refractivity contribution is 5.84. The van der Waals surface area contributed by atoms with Crippen LogP contribution in [0.3, 0.4) is 0 Å². The van der Waals surface area contributed by atoms with E-state index in [-0.39, 0.29) is 36.4 Å². The predicted molar refractivity (Wildman–Crippen MR) is 187 cm³/mol. The van der Waals surface area contributed by atoms with Crippen LogP contribution in [-0.2, 0) is 19.8 Å². The third-order valence-corrected chi connectivity index (χ3v) is 9.18. The summed E-state index contributed by atoms with van der Waals surface area (Å²) in [6.07, 6.45) is 8.26. The Balaban J connectivity index is 1.37. The van der Waals surface area contributed by atoms with E-state index in [1.165, 1.54) is 10.9 Å². The molecule has 5 aromatic rings. The summed E-state index contributed by atoms with van der Waals surface area (Å²) >= 11 is 0. The number of fused-ring (bicyclic) bond motifs is 1. The van der Waals surface area contributed by atoms with Crippen molar-refractivity contribution >= 4 is 23.0 Å². The maximum absolute atomic E-state index is 15.5. The van der Waals surface area contributed by atoms with Crippen molar-refractivity contribution in [2.24, 2.45) is 0 Å². The summed E-state index contributed by atoms with van der Waals surface area (Å²) in [6.45, 7) is 1.77. The minimum Gasteiger partial charge on any atom is -0.497 e. The van der Waals surface area contributed by atoms with Gasteiger partial charge in [-0.3, -0.25) is 9.36 Å². The molecule has 2 aromatic heterocycles. The summed E-state index contributed by atoms with van der Waals surface area (Å²) in [5.41, 5.74) is 0.299. The molecule has 1 saturated heterocycles. The number of aliphatic hydroxyl groups excluding tert-OH is 1. The summed E-state index contributed by atoms with van der Waals surface area (Å²) in [5, 5.41) is 14.7. The van der Waals surface area contributed by atoms with Gasteiger partial charge in [0.2, 0.25) is 0 Å². The van der Waals surface area contributed by atoms with Crippen molar-refractivity contribution in [1.29, 1.82) is 0 Å². The predicted octanol–water partition coefficient (Wildman–Crippen LogP) is 6.54. The molecule has 3 atom stereocenters. The van der Waals surface area contributed by atoms with Gasteiger partial charge in [0.1, 0.15) is 30.2 Å². The highest BCUT2D eigenvalue weighted by Gasteiger charge is 2.49. The van der Waals surface area contributed by atoms with Gasteiger partial charge in [-0.15, -0.1) is 6.42 Å². The first kappa shape index (κ1) is 34.5. The lowest BCUT2D eigenvalue weighted by Crippen LogP contribution is -2.43. The number of anilines is 1. The smallest absolute Gasteiger partial charge is 0.312 e. The monoisotopic (exact) mass is 677 g/mol. The van der Waals surface area contributed by atoms with Crippen LogP contribution in [0.15, 0.2) is 91.3 Å². The largest absolute Gasteiger partial charge is 0.497 e. The Morgan fingerprint density at radius 1 is 1.04 bits per heavy atom. The van der Waals surface area contributed by atoms with Crippen LogP contribution in [-0.4, -0.2) is 56.0 Å². The Kier molecular flexibility index (Phi) is 10.4. The Morgan fingerprint density at radius 3 is 2.32 bits per heavy atom. The van der Waals surface area contributed by atoms with Gasteiger partial charge in [-0.05, 0) is 35.2 Å². The highest BCUT2D eigenvalue weighted by atomic mass is 19.1. The zero-order chi connectivity index (χ0) is 35.1. The van der Waals surface area contributed by atoms with Crippen molar-refractivity contribution in [3.05, 3.63) is 114 Å². The van der Waals surface area contributed by atoms with Gasteiger partial charge in [0.25, 0.3) is 0 Å². The topological polar surface area (TPSA) is 121 Å². The number of nitrogens with zero attached hydrogens (tertiary/aromatic N) is 4. The van der Waals surface area contributed by atoms with Gasteiger partial charge in [0, 0.05) is 12.8 Å². The van der Waals surface area contributed by atoms with Crippen LogP contribution in [0.1, 0.15) is 68.4 Å². The third kappa shape index (κ3) is 6.77. The molecule has 2 N–H and O–H groups in total. The number of benzene rings is 3. The molecule has 50 heavy (non-hydrogen) atoms. The van der Waals surface area contributed by atoms with Crippen molar-refractivity contribution in [3.8, 4) is 18.1 Å².